The first-order valence-corrected chi connectivity index (χ1v) is 26.2. The monoisotopic (exact) mass is 965 g/mol. The average Bonchev–Trinajstić information content (AvgIpc) is 3.69. The van der Waals surface area contributed by atoms with E-state index < -0.39 is 13.3 Å². The molecule has 55 heavy (non-hydrogen) atoms. The Morgan fingerprint density at radius 3 is 2.16 bits per heavy atom. The van der Waals surface area contributed by atoms with Crippen LogP contribution in [0.5, 0.6) is 0 Å². The van der Waals surface area contributed by atoms with Gasteiger partial charge in [0.25, 0.3) is 0 Å². The van der Waals surface area contributed by atoms with Crippen LogP contribution in [0.25, 0.3) is 61.4 Å². The predicted octanol–water partition coefficient (Wildman–Crippen LogP) is 12.1. The molecule has 8 aromatic rings. The first-order chi connectivity index (χ1) is 25.6. The van der Waals surface area contributed by atoms with E-state index >= 15 is 0 Å². The van der Waals surface area contributed by atoms with E-state index in [4.69, 9.17) is 14.4 Å². The van der Waals surface area contributed by atoms with Crippen LogP contribution in [0.1, 0.15) is 58.4 Å². The van der Waals surface area contributed by atoms with Gasteiger partial charge in [0.1, 0.15) is 0 Å². The van der Waals surface area contributed by atoms with Crippen molar-refractivity contribution in [3.05, 3.63) is 138 Å². The van der Waals surface area contributed by atoms with Gasteiger partial charge in [-0.2, -0.15) is 0 Å². The van der Waals surface area contributed by atoms with Crippen molar-refractivity contribution >= 4 is 50.8 Å². The molecular formula is C48H50GeIrN4O-2. The summed E-state index contributed by atoms with van der Waals surface area (Å²) in [5.41, 5.74) is 11.5. The molecule has 4 aromatic carbocycles. The van der Waals surface area contributed by atoms with Crippen LogP contribution >= 0.6 is 0 Å². The van der Waals surface area contributed by atoms with Crippen molar-refractivity contribution in [1.82, 2.24) is 19.5 Å². The second kappa shape index (κ2) is 15.6. The maximum absolute atomic E-state index is 6.27. The fourth-order valence-electron chi connectivity index (χ4n) is 7.04. The Morgan fingerprint density at radius 1 is 0.764 bits per heavy atom. The molecule has 0 amide bonds. The molecule has 0 bridgehead atoms. The fraction of sp³-hybridized carbons (Fsp3) is 0.271. The number of nitrogens with zero attached hydrogens (tertiary/aromatic N) is 4. The van der Waals surface area contributed by atoms with Crippen LogP contribution in [0.2, 0.25) is 17.3 Å². The average molecular weight is 964 g/mol. The van der Waals surface area contributed by atoms with Crippen LogP contribution in [0.3, 0.4) is 0 Å². The van der Waals surface area contributed by atoms with Crippen molar-refractivity contribution in [3.63, 3.8) is 0 Å². The van der Waals surface area contributed by atoms with Crippen LogP contribution in [0, 0.1) is 24.5 Å². The molecule has 0 aliphatic rings. The third-order valence-electron chi connectivity index (χ3n) is 9.72. The maximum Gasteiger partial charge on any atom is 0.216 e. The minimum atomic E-state index is -1.90. The number of pyridine rings is 2. The summed E-state index contributed by atoms with van der Waals surface area (Å²) < 4.78 is 10.00. The van der Waals surface area contributed by atoms with Gasteiger partial charge in [-0.25, -0.2) is 4.98 Å². The Balaban J connectivity index is 0.000000204. The van der Waals surface area contributed by atoms with Gasteiger partial charge in [0.05, 0.1) is 22.4 Å². The molecule has 1 radical (unpaired) electrons. The minimum Gasteiger partial charge on any atom is -0.486 e. The Kier molecular flexibility index (Phi) is 11.5. The van der Waals surface area contributed by atoms with Gasteiger partial charge in [-0.05, 0) is 54.3 Å². The van der Waals surface area contributed by atoms with Gasteiger partial charge in [0.15, 0.2) is 0 Å². The molecule has 8 rings (SSSR count). The molecule has 4 aromatic heterocycles. The summed E-state index contributed by atoms with van der Waals surface area (Å²) in [4.78, 5) is 14.3. The molecule has 4 heterocycles. The number of aromatic nitrogens is 4. The van der Waals surface area contributed by atoms with Crippen LogP contribution in [-0.4, -0.2) is 32.8 Å². The Morgan fingerprint density at radius 2 is 1.49 bits per heavy atom. The number of para-hydroxylation sites is 2. The van der Waals surface area contributed by atoms with Crippen molar-refractivity contribution in [1.29, 1.82) is 0 Å². The Hall–Kier alpha value is -4.36. The van der Waals surface area contributed by atoms with Crippen molar-refractivity contribution in [3.8, 4) is 28.3 Å². The predicted molar refractivity (Wildman–Crippen MR) is 228 cm³/mol. The summed E-state index contributed by atoms with van der Waals surface area (Å²) in [6.07, 6.45) is 3.24. The molecule has 0 N–H and O–H groups in total. The molecule has 0 saturated heterocycles. The maximum atomic E-state index is 6.27. The van der Waals surface area contributed by atoms with Gasteiger partial charge in [-0.1, -0.05) is 56.0 Å². The molecule has 0 saturated carbocycles. The minimum absolute atomic E-state index is 0. The van der Waals surface area contributed by atoms with Crippen LogP contribution < -0.4 is 4.40 Å². The molecule has 0 aliphatic heterocycles. The van der Waals surface area contributed by atoms with Crippen LogP contribution in [-0.2, 0) is 31.9 Å². The number of aryl methyl sites for hydroxylation is 1. The summed E-state index contributed by atoms with van der Waals surface area (Å²) in [6, 6.07) is 42.1. The quantitative estimate of drug-likeness (QED) is 0.127. The molecular weight excluding hydrogens is 913 g/mol. The molecule has 0 unspecified atom stereocenters. The van der Waals surface area contributed by atoms with Gasteiger partial charge >= 0.3 is 132 Å². The Bertz CT molecular complexity index is 2590. The van der Waals surface area contributed by atoms with Crippen LogP contribution in [0.4, 0.5) is 0 Å². The fourth-order valence-corrected chi connectivity index (χ4v) is 10.3. The zero-order chi connectivity index (χ0) is 38.4. The van der Waals surface area contributed by atoms with Crippen LogP contribution in [0.15, 0.2) is 114 Å². The molecule has 0 fully saturated rings. The molecule has 283 valence electrons. The number of hydrogen-bond acceptors (Lipinski definition) is 4. The molecule has 0 atom stereocenters. The number of imidazole rings is 1. The zero-order valence-electron chi connectivity index (χ0n) is 33.6. The summed E-state index contributed by atoms with van der Waals surface area (Å²) in [5.74, 6) is 8.13. The summed E-state index contributed by atoms with van der Waals surface area (Å²) in [6.45, 7) is 15.6. The van der Waals surface area contributed by atoms with Gasteiger partial charge in [0, 0.05) is 36.9 Å². The number of benzene rings is 4. The number of hydrogen-bond donors (Lipinski definition) is 0. The third kappa shape index (κ3) is 8.72. The van der Waals surface area contributed by atoms with Gasteiger partial charge in [-0.3, -0.25) is 4.98 Å². The third-order valence-corrected chi connectivity index (χ3v) is 14.1. The van der Waals surface area contributed by atoms with Crippen molar-refractivity contribution < 1.29 is 24.5 Å². The largest absolute Gasteiger partial charge is 0.486 e. The van der Waals surface area contributed by atoms with Crippen molar-refractivity contribution in [2.75, 3.05) is 0 Å². The molecule has 0 spiro atoms. The van der Waals surface area contributed by atoms with E-state index in [1.54, 1.807) is 0 Å². The van der Waals surface area contributed by atoms with Gasteiger partial charge in [0.2, 0.25) is 5.71 Å². The number of furan rings is 1. The van der Waals surface area contributed by atoms with E-state index in [0.717, 1.165) is 67.8 Å². The van der Waals surface area contributed by atoms with E-state index in [1.807, 2.05) is 61.5 Å². The van der Waals surface area contributed by atoms with Crippen molar-refractivity contribution in [2.24, 2.45) is 5.41 Å². The van der Waals surface area contributed by atoms with E-state index in [9.17, 15) is 0 Å². The zero-order valence-corrected chi connectivity index (χ0v) is 38.1. The number of fused-ring (bicyclic) bond motifs is 4. The number of rotatable bonds is 5. The molecule has 7 heteroatoms. The molecule has 5 nitrogen and oxygen atoms in total. The summed E-state index contributed by atoms with van der Waals surface area (Å²) >= 11 is -1.90. The normalized spacial score (nSPS) is 12.1. The second-order valence-corrected chi connectivity index (χ2v) is 28.1. The SMILES string of the molecule is CC(C)(C)Cc1cc(-c2[c-]cccc2)nc[c]1[Ge]([CH3])([CH3])[CH3].Cc1ccc2c(n1)oc1c(-c3nc4ccccc4n3-c3ccc(C(C)(C)C)cc3)[c-]ccc12.[Ir]. The van der Waals surface area contributed by atoms with E-state index in [-0.39, 0.29) is 25.5 Å². The first kappa shape index (κ1) is 40.3. The summed E-state index contributed by atoms with van der Waals surface area (Å²) in [7, 11) is 0. The topological polar surface area (TPSA) is 56.7 Å². The van der Waals surface area contributed by atoms with E-state index in [1.165, 1.54) is 15.5 Å². The van der Waals surface area contributed by atoms with E-state index in [2.05, 4.69) is 135 Å². The van der Waals surface area contributed by atoms with Crippen molar-refractivity contribution in [2.45, 2.75) is 77.6 Å². The first-order valence-electron chi connectivity index (χ1n) is 18.8. The molecule has 0 aliphatic carbocycles. The Labute approximate surface area is 342 Å². The second-order valence-electron chi connectivity index (χ2n) is 17.5. The smallest absolute Gasteiger partial charge is 0.216 e. The standard InChI is InChI=1S/C29H24N3O.C19H26GeN.Ir/c1-18-12-17-22-21-8-7-9-23(26(21)33-28(22)30-18)27-31-24-10-5-6-11-25(24)32(27)20-15-13-19(14-16-20)29(2,3)4;1-19(2,3)13-16-12-18(15-10-8-7-9-11-15)21-14-17(16)20(4,5)6;/h5-8,10-17H,1-4H3;7-10,12,14H,13H2,1-6H3;/q2*-1;. The van der Waals surface area contributed by atoms with Gasteiger partial charge < -0.3 is 8.98 Å². The summed E-state index contributed by atoms with van der Waals surface area (Å²) in [5, 5.41) is 2.02. The van der Waals surface area contributed by atoms with Gasteiger partial charge in [-0.15, -0.1) is 18.2 Å². The van der Waals surface area contributed by atoms with E-state index in [0.29, 0.717) is 11.1 Å².